The van der Waals surface area contributed by atoms with Gasteiger partial charge in [0.2, 0.25) is 22.9 Å². The summed E-state index contributed by atoms with van der Waals surface area (Å²) in [5.41, 5.74) is 7.73. The van der Waals surface area contributed by atoms with Gasteiger partial charge in [-0.05, 0) is 56.2 Å². The molecule has 47 heavy (non-hydrogen) atoms. The maximum atomic E-state index is 13.4. The van der Waals surface area contributed by atoms with Crippen LogP contribution in [0, 0.1) is 5.41 Å². The Morgan fingerprint density at radius 1 is 0.915 bits per heavy atom. The summed E-state index contributed by atoms with van der Waals surface area (Å²) >= 11 is 0.833. The molecule has 4 rings (SSSR count). The molecule has 1 atom stereocenters. The van der Waals surface area contributed by atoms with Crippen LogP contribution < -0.4 is 25.8 Å². The molecule has 14 heteroatoms. The summed E-state index contributed by atoms with van der Waals surface area (Å²) in [6.45, 7) is 1.85. The minimum Gasteiger partial charge on any atom is -0.507 e. The largest absolute Gasteiger partial charge is 0.507 e. The first-order valence-corrected chi connectivity index (χ1v) is 15.4. The Kier molecular flexibility index (Phi) is 11.4. The van der Waals surface area contributed by atoms with E-state index in [1.807, 2.05) is 6.92 Å². The van der Waals surface area contributed by atoms with Crippen LogP contribution in [-0.4, -0.2) is 70.8 Å². The number of esters is 2. The highest BCUT2D eigenvalue weighted by atomic mass is 32.2. The van der Waals surface area contributed by atoms with E-state index in [0.29, 0.717) is 0 Å². The second-order valence-corrected chi connectivity index (χ2v) is 11.5. The number of hydrogen-bond donors (Lipinski definition) is 5. The maximum Gasteiger partial charge on any atom is 0.347 e. The van der Waals surface area contributed by atoms with Gasteiger partial charge in [0, 0.05) is 25.5 Å². The molecule has 1 aliphatic rings. The van der Waals surface area contributed by atoms with E-state index in [-0.39, 0.29) is 51.6 Å². The summed E-state index contributed by atoms with van der Waals surface area (Å²) in [5.74, 6) is -3.17. The Morgan fingerprint density at radius 3 is 2.04 bits per heavy atom. The van der Waals surface area contributed by atoms with Crippen molar-refractivity contribution in [2.24, 2.45) is 10.7 Å². The number of thioether (sulfide) groups is 1. The number of carbonyl (C=O) groups excluding carboxylic acids is 4. The molecule has 244 valence electrons. The molecule has 1 fully saturated rings. The maximum absolute atomic E-state index is 13.4. The number of aromatic hydroxyl groups is 1. The third kappa shape index (κ3) is 9.43. The molecule has 3 aromatic rings. The van der Waals surface area contributed by atoms with E-state index in [2.05, 4.69) is 15.6 Å². The third-order valence-electron chi connectivity index (χ3n) is 6.76. The van der Waals surface area contributed by atoms with Crippen LogP contribution in [-0.2, 0) is 4.79 Å². The number of para-hydroxylation sites is 3. The van der Waals surface area contributed by atoms with Crippen LogP contribution in [0.2, 0.25) is 0 Å². The fraction of sp³-hybridized carbons (Fsp3) is 0.212. The van der Waals surface area contributed by atoms with Crippen molar-refractivity contribution in [3.05, 3.63) is 101 Å². The standard InChI is InChI=1S/C33H34N6O7S/c1-19(20-16-17-20)36-24(28(41)37-32(34)38-33(35)39(2)3)18-47-31(44)23-12-6-9-15-27(23)46-30(43)22-11-5-8-14-26(22)45-29(42)21-10-4-7-13-25(21)40/h4-15,24,36,40H,16-18H2,1-3H3,(H4,34,35,37,38,41). The molecule has 0 heterocycles. The number of carbonyl (C=O) groups is 4. The molecule has 1 aliphatic carbocycles. The molecular weight excluding hydrogens is 624 g/mol. The molecule has 0 bridgehead atoms. The van der Waals surface area contributed by atoms with Crippen molar-refractivity contribution in [2.75, 3.05) is 19.8 Å². The number of amides is 1. The molecule has 6 N–H and O–H groups in total. The monoisotopic (exact) mass is 658 g/mol. The first kappa shape index (κ1) is 34.2. The lowest BCUT2D eigenvalue weighted by Crippen LogP contribution is -2.50. The predicted octanol–water partition coefficient (Wildman–Crippen LogP) is 3.66. The summed E-state index contributed by atoms with van der Waals surface area (Å²) in [4.78, 5) is 57.8. The van der Waals surface area contributed by atoms with Gasteiger partial charge in [-0.25, -0.2) is 9.59 Å². The first-order valence-electron chi connectivity index (χ1n) is 14.4. The Balaban J connectivity index is 1.47. The van der Waals surface area contributed by atoms with Gasteiger partial charge in [0.15, 0.2) is 0 Å². The second kappa shape index (κ2) is 15.6. The average Bonchev–Trinajstić information content (AvgIpc) is 3.89. The topological polar surface area (TPSA) is 197 Å². The normalized spacial score (nSPS) is 12.7. The Morgan fingerprint density at radius 2 is 1.45 bits per heavy atom. The smallest absolute Gasteiger partial charge is 0.347 e. The molecular formula is C33H34N6O7S. The SMILES string of the molecule is CC(NC(CSC(=O)c1ccccc1OC(=O)c1ccccc1OC(=O)c1ccccc1O)C(=O)N/C(N)=N/C(=N)N(C)C)=C1CC1. The number of nitrogens with two attached hydrogens (primary N) is 1. The fourth-order valence-corrected chi connectivity index (χ4v) is 4.96. The third-order valence-corrected chi connectivity index (χ3v) is 7.75. The summed E-state index contributed by atoms with van der Waals surface area (Å²) < 4.78 is 11.0. The van der Waals surface area contributed by atoms with Crippen molar-refractivity contribution in [3.63, 3.8) is 0 Å². The van der Waals surface area contributed by atoms with Crippen LogP contribution in [0.15, 0.2) is 89.1 Å². The van der Waals surface area contributed by atoms with Crippen molar-refractivity contribution in [3.8, 4) is 17.2 Å². The lowest BCUT2D eigenvalue weighted by atomic mass is 10.2. The van der Waals surface area contributed by atoms with E-state index >= 15 is 0 Å². The number of ether oxygens (including phenoxy) is 2. The molecule has 0 spiro atoms. The quantitative estimate of drug-likeness (QED) is 0.0923. The number of nitrogens with zero attached hydrogens (tertiary/aromatic N) is 2. The Hall–Kier alpha value is -5.63. The van der Waals surface area contributed by atoms with Crippen LogP contribution in [0.3, 0.4) is 0 Å². The van der Waals surface area contributed by atoms with Crippen molar-refractivity contribution in [1.82, 2.24) is 15.5 Å². The number of guanidine groups is 2. The van der Waals surface area contributed by atoms with Gasteiger partial charge in [0.1, 0.15) is 34.4 Å². The molecule has 13 nitrogen and oxygen atoms in total. The molecule has 0 aliphatic heterocycles. The minimum atomic E-state index is -0.889. The van der Waals surface area contributed by atoms with E-state index < -0.39 is 29.0 Å². The average molecular weight is 659 g/mol. The fourth-order valence-electron chi connectivity index (χ4n) is 4.08. The number of rotatable bonds is 10. The first-order chi connectivity index (χ1) is 22.4. The Labute approximate surface area is 275 Å². The number of benzene rings is 3. The number of phenolic OH excluding ortho intramolecular Hbond substituents is 1. The number of phenols is 1. The zero-order chi connectivity index (χ0) is 34.1. The van der Waals surface area contributed by atoms with E-state index in [1.165, 1.54) is 46.9 Å². The van der Waals surface area contributed by atoms with Crippen molar-refractivity contribution in [1.29, 1.82) is 5.41 Å². The minimum absolute atomic E-state index is 0.0128. The molecule has 3 aromatic carbocycles. The van der Waals surface area contributed by atoms with E-state index in [9.17, 15) is 24.3 Å². The van der Waals surface area contributed by atoms with Crippen LogP contribution in [0.4, 0.5) is 0 Å². The number of nitrogens with one attached hydrogen (secondary N) is 3. The van der Waals surface area contributed by atoms with Gasteiger partial charge >= 0.3 is 11.9 Å². The molecule has 1 amide bonds. The zero-order valence-electron chi connectivity index (χ0n) is 25.9. The van der Waals surface area contributed by atoms with E-state index in [4.69, 9.17) is 20.6 Å². The molecule has 0 aromatic heterocycles. The van der Waals surface area contributed by atoms with Crippen molar-refractivity contribution >= 4 is 46.6 Å². The lowest BCUT2D eigenvalue weighted by molar-refractivity contribution is -0.121. The summed E-state index contributed by atoms with van der Waals surface area (Å²) in [6, 6.07) is 17.0. The zero-order valence-corrected chi connectivity index (χ0v) is 26.7. The van der Waals surface area contributed by atoms with E-state index in [0.717, 1.165) is 30.3 Å². The van der Waals surface area contributed by atoms with Gasteiger partial charge in [-0.3, -0.25) is 20.3 Å². The van der Waals surface area contributed by atoms with Crippen molar-refractivity contribution in [2.45, 2.75) is 25.8 Å². The molecule has 1 unspecified atom stereocenters. The van der Waals surface area contributed by atoms with Gasteiger partial charge in [0.05, 0.1) is 5.56 Å². The van der Waals surface area contributed by atoms with Gasteiger partial charge in [-0.15, -0.1) is 0 Å². The summed E-state index contributed by atoms with van der Waals surface area (Å²) in [7, 11) is 3.22. The lowest BCUT2D eigenvalue weighted by Gasteiger charge is -2.20. The number of allylic oxidation sites excluding steroid dienone is 2. The Bertz CT molecular complexity index is 1770. The molecule has 0 saturated heterocycles. The molecule has 1 saturated carbocycles. The molecule has 0 radical (unpaired) electrons. The number of hydrogen-bond acceptors (Lipinski definition) is 10. The summed E-state index contributed by atoms with van der Waals surface area (Å²) in [5, 5.41) is 23.0. The highest BCUT2D eigenvalue weighted by Gasteiger charge is 2.26. The highest BCUT2D eigenvalue weighted by Crippen LogP contribution is 2.31. The number of aliphatic imine (C=N–C) groups is 1. The van der Waals surface area contributed by atoms with Crippen LogP contribution >= 0.6 is 11.8 Å². The second-order valence-electron chi connectivity index (χ2n) is 10.5. The van der Waals surface area contributed by atoms with Gasteiger partial charge in [0.25, 0.3) is 0 Å². The van der Waals surface area contributed by atoms with Crippen molar-refractivity contribution < 1.29 is 33.8 Å². The van der Waals surface area contributed by atoms with Crippen LogP contribution in [0.5, 0.6) is 17.2 Å². The van der Waals surface area contributed by atoms with Gasteiger partial charge < -0.3 is 30.5 Å². The van der Waals surface area contributed by atoms with Crippen LogP contribution in [0.1, 0.15) is 50.8 Å². The predicted molar refractivity (Wildman–Crippen MR) is 178 cm³/mol. The van der Waals surface area contributed by atoms with Gasteiger partial charge in [-0.1, -0.05) is 53.7 Å². The van der Waals surface area contributed by atoms with Gasteiger partial charge in [-0.2, -0.15) is 4.99 Å². The highest BCUT2D eigenvalue weighted by molar-refractivity contribution is 8.14. The summed E-state index contributed by atoms with van der Waals surface area (Å²) in [6.07, 6.45) is 1.83. The van der Waals surface area contributed by atoms with Crippen LogP contribution in [0.25, 0.3) is 0 Å². The van der Waals surface area contributed by atoms with E-state index in [1.54, 1.807) is 50.5 Å².